The number of ether oxygens (including phenoxy) is 1. The minimum Gasteiger partial charge on any atom is -0.494 e. The number of aromatic nitrogens is 2. The summed E-state index contributed by atoms with van der Waals surface area (Å²) < 4.78 is 18.6. The quantitative estimate of drug-likeness (QED) is 0.857. The highest BCUT2D eigenvalue weighted by Gasteiger charge is 2.33. The molecule has 0 radical (unpaired) electrons. The van der Waals surface area contributed by atoms with Crippen molar-refractivity contribution in [1.29, 1.82) is 0 Å². The molecule has 0 saturated carbocycles. The molecule has 1 aliphatic heterocycles. The molecular weight excluding hydrogens is 299 g/mol. The Morgan fingerprint density at radius 1 is 1.39 bits per heavy atom. The van der Waals surface area contributed by atoms with Gasteiger partial charge in [0.2, 0.25) is 0 Å². The predicted octanol–water partition coefficient (Wildman–Crippen LogP) is 1.59. The monoisotopic (exact) mass is 316 g/mol. The third kappa shape index (κ3) is 2.94. The summed E-state index contributed by atoms with van der Waals surface area (Å²) in [6.07, 6.45) is 4.95. The maximum absolute atomic E-state index is 13.7. The fourth-order valence-corrected chi connectivity index (χ4v) is 2.51. The fraction of sp³-hybridized carbons (Fsp3) is 0.312. The van der Waals surface area contributed by atoms with E-state index in [0.717, 1.165) is 5.82 Å². The lowest BCUT2D eigenvalue weighted by molar-refractivity contribution is 0.0704. The van der Waals surface area contributed by atoms with Crippen LogP contribution < -0.4 is 9.64 Å². The number of likely N-dealkylation sites (N-methyl/N-ethyl adjacent to an activating group) is 1. The number of anilines is 1. The van der Waals surface area contributed by atoms with Crippen molar-refractivity contribution in [2.45, 2.75) is 6.04 Å². The summed E-state index contributed by atoms with van der Waals surface area (Å²) in [5, 5.41) is 0. The number of rotatable bonds is 4. The molecule has 1 saturated heterocycles. The molecule has 1 aromatic carbocycles. The Hall–Kier alpha value is -2.70. The molecular formula is C16H17FN4O2. The Bertz CT molecular complexity index is 704. The molecule has 1 aliphatic rings. The fourth-order valence-electron chi connectivity index (χ4n) is 2.51. The van der Waals surface area contributed by atoms with Crippen molar-refractivity contribution in [1.82, 2.24) is 14.9 Å². The van der Waals surface area contributed by atoms with Gasteiger partial charge in [-0.25, -0.2) is 9.37 Å². The zero-order valence-corrected chi connectivity index (χ0v) is 12.9. The van der Waals surface area contributed by atoms with Crippen molar-refractivity contribution in [3.63, 3.8) is 0 Å². The number of methoxy groups -OCH3 is 1. The second-order valence-corrected chi connectivity index (χ2v) is 5.39. The topological polar surface area (TPSA) is 58.6 Å². The van der Waals surface area contributed by atoms with E-state index < -0.39 is 5.82 Å². The molecule has 6 nitrogen and oxygen atoms in total. The first-order valence-electron chi connectivity index (χ1n) is 7.22. The second-order valence-electron chi connectivity index (χ2n) is 5.39. The summed E-state index contributed by atoms with van der Waals surface area (Å²) in [5.74, 6) is 0.165. The number of amides is 1. The summed E-state index contributed by atoms with van der Waals surface area (Å²) in [5.41, 5.74) is 0.309. The SMILES string of the molecule is COc1ccc(C(=O)N(C)C2CN(c3cnccn3)C2)cc1F. The number of carbonyl (C=O) groups is 1. The van der Waals surface area contributed by atoms with Crippen molar-refractivity contribution < 1.29 is 13.9 Å². The average molecular weight is 316 g/mol. The molecule has 0 bridgehead atoms. The molecule has 1 amide bonds. The normalized spacial score (nSPS) is 14.3. The molecule has 2 aromatic rings. The van der Waals surface area contributed by atoms with Crippen LogP contribution in [0.25, 0.3) is 0 Å². The van der Waals surface area contributed by atoms with Crippen LogP contribution in [0.3, 0.4) is 0 Å². The molecule has 23 heavy (non-hydrogen) atoms. The lowest BCUT2D eigenvalue weighted by Gasteiger charge is -2.44. The van der Waals surface area contributed by atoms with E-state index in [-0.39, 0.29) is 17.7 Å². The molecule has 1 fully saturated rings. The van der Waals surface area contributed by atoms with Crippen molar-refractivity contribution in [2.24, 2.45) is 0 Å². The van der Waals surface area contributed by atoms with Crippen molar-refractivity contribution in [3.8, 4) is 5.75 Å². The highest BCUT2D eigenvalue weighted by Crippen LogP contribution is 2.23. The minimum absolute atomic E-state index is 0.0645. The van der Waals surface area contributed by atoms with Gasteiger partial charge in [-0.3, -0.25) is 9.78 Å². The minimum atomic E-state index is -0.540. The van der Waals surface area contributed by atoms with E-state index in [9.17, 15) is 9.18 Å². The van der Waals surface area contributed by atoms with E-state index in [1.807, 2.05) is 4.90 Å². The van der Waals surface area contributed by atoms with E-state index >= 15 is 0 Å². The average Bonchev–Trinajstić information content (AvgIpc) is 2.53. The Morgan fingerprint density at radius 2 is 2.17 bits per heavy atom. The number of benzene rings is 1. The Balaban J connectivity index is 1.64. The van der Waals surface area contributed by atoms with Gasteiger partial charge in [-0.1, -0.05) is 0 Å². The zero-order valence-electron chi connectivity index (χ0n) is 12.9. The van der Waals surface area contributed by atoms with Crippen LogP contribution in [0.5, 0.6) is 5.75 Å². The van der Waals surface area contributed by atoms with Crippen LogP contribution in [-0.2, 0) is 0 Å². The summed E-state index contributed by atoms with van der Waals surface area (Å²) in [4.78, 5) is 24.4. The van der Waals surface area contributed by atoms with Crippen LogP contribution >= 0.6 is 0 Å². The third-order valence-electron chi connectivity index (χ3n) is 4.00. The third-order valence-corrected chi connectivity index (χ3v) is 4.00. The number of nitrogens with zero attached hydrogens (tertiary/aromatic N) is 4. The molecule has 7 heteroatoms. The van der Waals surface area contributed by atoms with E-state index in [1.54, 1.807) is 36.6 Å². The van der Waals surface area contributed by atoms with Gasteiger partial charge in [0.25, 0.3) is 5.91 Å². The molecule has 0 unspecified atom stereocenters. The summed E-state index contributed by atoms with van der Waals surface area (Å²) in [6, 6.07) is 4.30. The van der Waals surface area contributed by atoms with E-state index in [1.165, 1.54) is 19.2 Å². The van der Waals surface area contributed by atoms with Gasteiger partial charge in [-0.05, 0) is 18.2 Å². The first-order chi connectivity index (χ1) is 11.1. The Labute approximate surface area is 133 Å². The second kappa shape index (κ2) is 6.20. The molecule has 2 heterocycles. The highest BCUT2D eigenvalue weighted by atomic mass is 19.1. The predicted molar refractivity (Wildman–Crippen MR) is 83.1 cm³/mol. The smallest absolute Gasteiger partial charge is 0.254 e. The van der Waals surface area contributed by atoms with Gasteiger partial charge in [-0.2, -0.15) is 0 Å². The first-order valence-corrected chi connectivity index (χ1v) is 7.22. The maximum atomic E-state index is 13.7. The van der Waals surface area contributed by atoms with Crippen LogP contribution in [0.2, 0.25) is 0 Å². The molecule has 3 rings (SSSR count). The van der Waals surface area contributed by atoms with Gasteiger partial charge >= 0.3 is 0 Å². The highest BCUT2D eigenvalue weighted by molar-refractivity contribution is 5.94. The molecule has 120 valence electrons. The first kappa shape index (κ1) is 15.2. The van der Waals surface area contributed by atoms with Crippen LogP contribution in [0.15, 0.2) is 36.8 Å². The number of carbonyl (C=O) groups excluding carboxylic acids is 1. The molecule has 0 atom stereocenters. The van der Waals surface area contributed by atoms with Crippen molar-refractivity contribution in [2.75, 3.05) is 32.1 Å². The maximum Gasteiger partial charge on any atom is 0.254 e. The number of hydrogen-bond donors (Lipinski definition) is 0. The molecule has 0 spiro atoms. The largest absolute Gasteiger partial charge is 0.494 e. The summed E-state index contributed by atoms with van der Waals surface area (Å²) >= 11 is 0. The van der Waals surface area contributed by atoms with Crippen LogP contribution in [0.1, 0.15) is 10.4 Å². The van der Waals surface area contributed by atoms with Crippen LogP contribution in [-0.4, -0.2) is 54.1 Å². The molecule has 0 aliphatic carbocycles. The zero-order chi connectivity index (χ0) is 16.4. The standard InChI is InChI=1S/C16H17FN4O2/c1-20(12-9-21(10-12)15-8-18-5-6-19-15)16(22)11-3-4-14(23-2)13(17)7-11/h3-8,12H,9-10H2,1-2H3. The Kier molecular flexibility index (Phi) is 4.10. The van der Waals surface area contributed by atoms with Gasteiger partial charge in [0.05, 0.1) is 19.3 Å². The van der Waals surface area contributed by atoms with Gasteiger partial charge in [0.1, 0.15) is 5.82 Å². The lowest BCUT2D eigenvalue weighted by Crippen LogP contribution is -2.60. The van der Waals surface area contributed by atoms with Crippen molar-refractivity contribution >= 4 is 11.7 Å². The number of hydrogen-bond acceptors (Lipinski definition) is 5. The Morgan fingerprint density at radius 3 is 2.78 bits per heavy atom. The van der Waals surface area contributed by atoms with Crippen molar-refractivity contribution in [3.05, 3.63) is 48.2 Å². The van der Waals surface area contributed by atoms with E-state index in [4.69, 9.17) is 4.74 Å². The van der Waals surface area contributed by atoms with Gasteiger partial charge in [0, 0.05) is 38.1 Å². The molecule has 1 aromatic heterocycles. The molecule has 0 N–H and O–H groups in total. The summed E-state index contributed by atoms with van der Waals surface area (Å²) in [7, 11) is 3.12. The van der Waals surface area contributed by atoms with E-state index in [2.05, 4.69) is 9.97 Å². The lowest BCUT2D eigenvalue weighted by atomic mass is 10.1. The van der Waals surface area contributed by atoms with Gasteiger partial charge < -0.3 is 14.5 Å². The van der Waals surface area contributed by atoms with Crippen LogP contribution in [0, 0.1) is 5.82 Å². The number of halogens is 1. The van der Waals surface area contributed by atoms with Crippen LogP contribution in [0.4, 0.5) is 10.2 Å². The van der Waals surface area contributed by atoms with E-state index in [0.29, 0.717) is 18.7 Å². The van der Waals surface area contributed by atoms with Gasteiger partial charge in [-0.15, -0.1) is 0 Å². The summed E-state index contributed by atoms with van der Waals surface area (Å²) in [6.45, 7) is 1.36. The van der Waals surface area contributed by atoms with Gasteiger partial charge in [0.15, 0.2) is 11.6 Å².